The molecule has 31 heteroatoms. The van der Waals surface area contributed by atoms with Crippen molar-refractivity contribution < 1.29 is 87.9 Å². The Morgan fingerprint density at radius 3 is 1.76 bits per heavy atom. The summed E-state index contributed by atoms with van der Waals surface area (Å²) in [6.07, 6.45) is -10.8. The molecule has 3 saturated heterocycles. The minimum Gasteiger partial charge on any atom is -0.343 e. The van der Waals surface area contributed by atoms with Crippen molar-refractivity contribution in [1.82, 2.24) is 55.6 Å². The molecule has 6 fully saturated rings. The van der Waals surface area contributed by atoms with Gasteiger partial charge in [-0.2, -0.15) is 26.3 Å². The van der Waals surface area contributed by atoms with Crippen molar-refractivity contribution in [3.05, 3.63) is 0 Å². The fourth-order valence-corrected chi connectivity index (χ4v) is 15.7. The van der Waals surface area contributed by atoms with E-state index in [4.69, 9.17) is 11.6 Å². The standard InChI is InChI=1S/C68H106ClF8N11O11/c1-14-38(5)54-62(97)84(11)41(8)59(94)87-29-26-49(87)56(91)79-48(33-43-18-22-44(23-19-43)67(72,73)74)60(95)82(9)35-52(89)78-47(25-21-42-20-24-45(46(69)32-42)68(75,76)77)61(96)88-36-66(70,71)34-51(88)58(93)81-65(27-16-17-28-65)64(99)86(13)55(39(6)15-2)63(98)83(10)40(7)31-53(90)85(12)50(30-37(3)4)57(92)80-54/h37-51,54-55H,14-36H2,1-13H3,(H,78,89)(H,79,91)(H,80,92)(H,81,93)/t38-,39-,40+,41-,42?,43?,44?,45?,46?,47-,48-,49-,50-,51-,54-,55-/m0/s1. The van der Waals surface area contributed by atoms with E-state index in [1.165, 1.54) is 54.7 Å². The molecule has 3 heterocycles. The summed E-state index contributed by atoms with van der Waals surface area (Å²) in [5.41, 5.74) is -1.80. The molecule has 562 valence electrons. The topological polar surface area (TPSA) is 259 Å². The molecule has 3 aliphatic heterocycles. The summed E-state index contributed by atoms with van der Waals surface area (Å²) in [4.78, 5) is 169. The summed E-state index contributed by atoms with van der Waals surface area (Å²) in [5, 5.41) is 9.43. The summed E-state index contributed by atoms with van der Waals surface area (Å²) in [6, 6.07) is -12.2. The number of halogens is 9. The van der Waals surface area contributed by atoms with Gasteiger partial charge < -0.3 is 55.6 Å². The van der Waals surface area contributed by atoms with Crippen molar-refractivity contribution in [2.75, 3.05) is 54.9 Å². The quantitative estimate of drug-likeness (QED) is 0.119. The third kappa shape index (κ3) is 20.0. The fraction of sp³-hybridized carbons (Fsp3) is 0.838. The summed E-state index contributed by atoms with van der Waals surface area (Å²) in [6.45, 7) is 11.6. The van der Waals surface area contributed by atoms with Crippen LogP contribution in [0.2, 0.25) is 0 Å². The van der Waals surface area contributed by atoms with Gasteiger partial charge in [0.25, 0.3) is 5.92 Å². The third-order valence-corrected chi connectivity index (χ3v) is 22.8. The van der Waals surface area contributed by atoms with Gasteiger partial charge >= 0.3 is 12.4 Å². The number of nitrogens with zero attached hydrogens (tertiary/aromatic N) is 7. The van der Waals surface area contributed by atoms with Gasteiger partial charge in [0.1, 0.15) is 53.9 Å². The zero-order valence-electron chi connectivity index (χ0n) is 59.6. The molecule has 0 aromatic carbocycles. The first-order valence-electron chi connectivity index (χ1n) is 35.3. The Hall–Kier alpha value is -6.10. The van der Waals surface area contributed by atoms with Gasteiger partial charge in [-0.1, -0.05) is 67.2 Å². The maximum Gasteiger partial charge on any atom is 0.393 e. The van der Waals surface area contributed by atoms with Crippen LogP contribution in [0.4, 0.5) is 35.1 Å². The SMILES string of the molecule is CC[C@H](C)[C@@H]1NC(=O)[C@H](CC(C)C)N(C)C(=O)C[C@@H](C)N(C)C(=O)[C@H]([C@@H](C)CC)N(C)C(=O)C2(CCCC2)NC(=O)[C@@H]2CC(F)(F)CN2C(=O)[C@H](CCC2CCC(C(F)(F)F)C(Cl)C2)NC(=O)CN(C)C(=O)[C@H](CC2CCC(C(F)(F)F)CC2)NC(=O)[C@@H]2CCN2C(=O)[C@H](C)N(C)C1=O. The van der Waals surface area contributed by atoms with Gasteiger partial charge in [-0.3, -0.25) is 52.7 Å². The normalized spacial score (nSPS) is 32.5. The lowest BCUT2D eigenvalue weighted by molar-refractivity contribution is -0.184. The molecule has 6 aliphatic rings. The number of likely N-dealkylation sites (N-methyl/N-ethyl adjacent to an activating group) is 5. The second kappa shape index (κ2) is 33.8. The molecule has 99 heavy (non-hydrogen) atoms. The van der Waals surface area contributed by atoms with E-state index in [9.17, 15) is 69.5 Å². The van der Waals surface area contributed by atoms with E-state index in [0.717, 1.165) is 16.8 Å². The van der Waals surface area contributed by atoms with E-state index in [-0.39, 0.29) is 109 Å². The average molecular weight is 1440 g/mol. The predicted octanol–water partition coefficient (Wildman–Crippen LogP) is 7.18. The lowest BCUT2D eigenvalue weighted by atomic mass is 9.78. The molecule has 1 spiro atoms. The van der Waals surface area contributed by atoms with Crippen LogP contribution < -0.4 is 21.3 Å². The lowest BCUT2D eigenvalue weighted by Crippen LogP contribution is -2.65. The van der Waals surface area contributed by atoms with Crippen LogP contribution in [0.3, 0.4) is 0 Å². The van der Waals surface area contributed by atoms with E-state index in [1.807, 2.05) is 13.8 Å². The average Bonchev–Trinajstić information content (AvgIpc) is 1.72. The molecule has 3 saturated carbocycles. The highest BCUT2D eigenvalue weighted by atomic mass is 35.5. The Kier molecular flexibility index (Phi) is 27.9. The van der Waals surface area contributed by atoms with E-state index in [2.05, 4.69) is 21.3 Å². The zero-order chi connectivity index (χ0) is 74.3. The molecular formula is C68H106ClF8N11O11. The van der Waals surface area contributed by atoms with Gasteiger partial charge in [0.05, 0.1) is 24.9 Å². The molecule has 3 unspecified atom stereocenters. The maximum atomic E-state index is 16.0. The number of amides is 11. The molecule has 11 amide bonds. The molecule has 4 N–H and O–H groups in total. The third-order valence-electron chi connectivity index (χ3n) is 22.3. The Labute approximate surface area is 581 Å². The van der Waals surface area contributed by atoms with Crippen molar-refractivity contribution in [2.45, 2.75) is 267 Å². The first-order valence-corrected chi connectivity index (χ1v) is 35.7. The summed E-state index contributed by atoms with van der Waals surface area (Å²) in [7, 11) is 6.79. The Morgan fingerprint density at radius 1 is 0.606 bits per heavy atom. The predicted molar refractivity (Wildman–Crippen MR) is 350 cm³/mol. The number of fused-ring (bicyclic) bond motifs is 2. The van der Waals surface area contributed by atoms with E-state index >= 15 is 18.4 Å². The highest BCUT2D eigenvalue weighted by Crippen LogP contribution is 2.45. The van der Waals surface area contributed by atoms with Crippen LogP contribution in [0.15, 0.2) is 0 Å². The number of hydrogen-bond donors (Lipinski definition) is 4. The monoisotopic (exact) mass is 1440 g/mol. The van der Waals surface area contributed by atoms with Crippen molar-refractivity contribution in [3.63, 3.8) is 0 Å². The van der Waals surface area contributed by atoms with Gasteiger partial charge in [0.2, 0.25) is 65.0 Å². The van der Waals surface area contributed by atoms with E-state index < -0.39 is 204 Å². The second-order valence-electron chi connectivity index (χ2n) is 29.8. The number of carbonyl (C=O) groups excluding carboxylic acids is 11. The van der Waals surface area contributed by atoms with Crippen molar-refractivity contribution >= 4 is 76.6 Å². The Morgan fingerprint density at radius 2 is 1.21 bits per heavy atom. The van der Waals surface area contributed by atoms with Gasteiger partial charge in [-0.05, 0) is 133 Å². The first kappa shape index (κ1) is 81.9. The molecule has 0 aromatic heterocycles. The zero-order valence-corrected chi connectivity index (χ0v) is 60.4. The largest absolute Gasteiger partial charge is 0.393 e. The van der Waals surface area contributed by atoms with Crippen LogP contribution in [0, 0.1) is 41.4 Å². The van der Waals surface area contributed by atoms with Crippen molar-refractivity contribution in [2.24, 2.45) is 41.4 Å². The van der Waals surface area contributed by atoms with Crippen molar-refractivity contribution in [3.8, 4) is 0 Å². The summed E-state index contributed by atoms with van der Waals surface area (Å²) < 4.78 is 116. The summed E-state index contributed by atoms with van der Waals surface area (Å²) in [5.74, 6) is -18.7. The van der Waals surface area contributed by atoms with Crippen LogP contribution in [0.5, 0.6) is 0 Å². The molecule has 0 radical (unpaired) electrons. The number of carbonyl (C=O) groups is 11. The molecule has 22 nitrogen and oxygen atoms in total. The highest BCUT2D eigenvalue weighted by Gasteiger charge is 2.56. The molecule has 6 rings (SSSR count). The number of hydrogen-bond acceptors (Lipinski definition) is 11. The van der Waals surface area contributed by atoms with Gasteiger partial charge in [-0.25, -0.2) is 8.78 Å². The van der Waals surface area contributed by atoms with Gasteiger partial charge in [0, 0.05) is 66.0 Å². The van der Waals surface area contributed by atoms with Crippen LogP contribution in [0.25, 0.3) is 0 Å². The number of alkyl halides is 9. The minimum absolute atomic E-state index is 0.00291. The molecule has 14 atom stereocenters. The smallest absolute Gasteiger partial charge is 0.343 e. The fourth-order valence-electron chi connectivity index (χ4n) is 15.2. The molecule has 0 bridgehead atoms. The van der Waals surface area contributed by atoms with Crippen LogP contribution in [-0.4, -0.2) is 238 Å². The van der Waals surface area contributed by atoms with Crippen molar-refractivity contribution in [1.29, 1.82) is 0 Å². The highest BCUT2D eigenvalue weighted by molar-refractivity contribution is 6.20. The Bertz CT molecular complexity index is 2920. The number of rotatable bonds is 11. The molecular weight excluding hydrogens is 1330 g/mol. The van der Waals surface area contributed by atoms with Crippen LogP contribution in [0.1, 0.15) is 184 Å². The first-order chi connectivity index (χ1) is 46.0. The summed E-state index contributed by atoms with van der Waals surface area (Å²) >= 11 is 6.30. The second-order valence-corrected chi connectivity index (χ2v) is 30.4. The maximum absolute atomic E-state index is 16.0. The van der Waals surface area contributed by atoms with Gasteiger partial charge in [0.15, 0.2) is 0 Å². The molecule has 0 aromatic rings. The van der Waals surface area contributed by atoms with Crippen LogP contribution >= 0.6 is 11.6 Å². The van der Waals surface area contributed by atoms with E-state index in [1.54, 1.807) is 34.6 Å². The Balaban J connectivity index is 1.41. The number of nitrogens with one attached hydrogen (secondary N) is 4. The molecule has 3 aliphatic carbocycles. The van der Waals surface area contributed by atoms with E-state index in [0.29, 0.717) is 30.6 Å². The van der Waals surface area contributed by atoms with Crippen LogP contribution in [-0.2, 0) is 52.7 Å². The lowest BCUT2D eigenvalue weighted by Gasteiger charge is -2.43. The van der Waals surface area contributed by atoms with Gasteiger partial charge in [-0.15, -0.1) is 11.6 Å². The minimum atomic E-state index is -4.62.